The third kappa shape index (κ3) is 2.24. The molecule has 2 heterocycles. The number of halogens is 1. The van der Waals surface area contributed by atoms with E-state index in [1.807, 2.05) is 0 Å². The Kier molecular flexibility index (Phi) is 3.25. The van der Waals surface area contributed by atoms with Gasteiger partial charge in [0.25, 0.3) is 0 Å². The van der Waals surface area contributed by atoms with Crippen LogP contribution in [0.4, 0.5) is 5.95 Å². The Hall–Kier alpha value is -1.08. The van der Waals surface area contributed by atoms with E-state index in [0.717, 1.165) is 24.0 Å². The summed E-state index contributed by atoms with van der Waals surface area (Å²) in [6.45, 7) is 0.878. The number of nitrogen functional groups attached to an aromatic ring is 1. The maximum atomic E-state index is 6.00. The fraction of sp³-hybridized carbons (Fsp3) is 0.154. The minimum Gasteiger partial charge on any atom is -0.369 e. The van der Waals surface area contributed by atoms with E-state index in [1.54, 1.807) is 11.3 Å². The Labute approximate surface area is 123 Å². The first kappa shape index (κ1) is 12.0. The van der Waals surface area contributed by atoms with Gasteiger partial charge in [-0.3, -0.25) is 0 Å². The molecule has 0 aliphatic rings. The van der Waals surface area contributed by atoms with Gasteiger partial charge in [0.1, 0.15) is 0 Å². The van der Waals surface area contributed by atoms with Gasteiger partial charge in [0.05, 0.1) is 11.0 Å². The summed E-state index contributed by atoms with van der Waals surface area (Å²) in [4.78, 5) is 5.79. The predicted molar refractivity (Wildman–Crippen MR) is 84.9 cm³/mol. The lowest BCUT2D eigenvalue weighted by Gasteiger charge is -2.05. The lowest BCUT2D eigenvalue weighted by molar-refractivity contribution is 0.733. The maximum Gasteiger partial charge on any atom is 0.201 e. The SMILES string of the molecule is Nc1nc2cc(I)ccc2n1CCc1cccs1. The van der Waals surface area contributed by atoms with Crippen LogP contribution in [0.5, 0.6) is 0 Å². The average molecular weight is 369 g/mol. The van der Waals surface area contributed by atoms with Gasteiger partial charge in [-0.25, -0.2) is 4.98 Å². The summed E-state index contributed by atoms with van der Waals surface area (Å²) in [6, 6.07) is 10.5. The van der Waals surface area contributed by atoms with Crippen LogP contribution in [0.15, 0.2) is 35.7 Å². The lowest BCUT2D eigenvalue weighted by atomic mass is 10.3. The number of nitrogens with zero attached hydrogens (tertiary/aromatic N) is 2. The van der Waals surface area contributed by atoms with Crippen molar-refractivity contribution in [3.8, 4) is 0 Å². The second-order valence-electron chi connectivity index (χ2n) is 4.08. The van der Waals surface area contributed by atoms with Gasteiger partial charge in [0.15, 0.2) is 0 Å². The van der Waals surface area contributed by atoms with Crippen molar-refractivity contribution < 1.29 is 0 Å². The van der Waals surface area contributed by atoms with Crippen molar-refractivity contribution in [1.29, 1.82) is 0 Å². The van der Waals surface area contributed by atoms with Crippen molar-refractivity contribution >= 4 is 50.9 Å². The first-order valence-electron chi connectivity index (χ1n) is 5.68. The number of thiophene rings is 1. The third-order valence-corrected chi connectivity index (χ3v) is 4.51. The number of fused-ring (bicyclic) bond motifs is 1. The fourth-order valence-corrected chi connectivity index (χ4v) is 3.21. The van der Waals surface area contributed by atoms with Crippen LogP contribution in [0.1, 0.15) is 4.88 Å². The number of hydrogen-bond donors (Lipinski definition) is 1. The number of nitrogens with two attached hydrogens (primary N) is 1. The number of benzene rings is 1. The highest BCUT2D eigenvalue weighted by molar-refractivity contribution is 14.1. The van der Waals surface area contributed by atoms with Gasteiger partial charge < -0.3 is 10.3 Å². The van der Waals surface area contributed by atoms with Crippen LogP contribution < -0.4 is 5.73 Å². The average Bonchev–Trinajstić information content (AvgIpc) is 2.93. The van der Waals surface area contributed by atoms with Gasteiger partial charge in [-0.05, 0) is 58.7 Å². The maximum absolute atomic E-state index is 6.00. The molecule has 0 radical (unpaired) electrons. The predicted octanol–water partition coefficient (Wildman–Crippen LogP) is 3.53. The van der Waals surface area contributed by atoms with Crippen molar-refractivity contribution in [2.24, 2.45) is 0 Å². The van der Waals surface area contributed by atoms with E-state index in [2.05, 4.69) is 67.9 Å². The molecule has 0 saturated heterocycles. The zero-order valence-electron chi connectivity index (χ0n) is 9.64. The van der Waals surface area contributed by atoms with E-state index in [0.29, 0.717) is 5.95 Å². The van der Waals surface area contributed by atoms with Crippen LogP contribution in [-0.2, 0) is 13.0 Å². The van der Waals surface area contributed by atoms with E-state index in [1.165, 1.54) is 8.45 Å². The molecule has 0 amide bonds. The van der Waals surface area contributed by atoms with Crippen molar-refractivity contribution in [1.82, 2.24) is 9.55 Å². The van der Waals surface area contributed by atoms with Crippen molar-refractivity contribution in [2.75, 3.05) is 5.73 Å². The molecule has 0 bridgehead atoms. The highest BCUT2D eigenvalue weighted by atomic mass is 127. The van der Waals surface area contributed by atoms with E-state index in [4.69, 9.17) is 5.73 Å². The van der Waals surface area contributed by atoms with Crippen LogP contribution >= 0.6 is 33.9 Å². The van der Waals surface area contributed by atoms with Gasteiger partial charge in [0, 0.05) is 15.0 Å². The highest BCUT2D eigenvalue weighted by Gasteiger charge is 2.08. The molecule has 0 aliphatic heterocycles. The van der Waals surface area contributed by atoms with Crippen molar-refractivity contribution in [2.45, 2.75) is 13.0 Å². The minimum absolute atomic E-state index is 0.601. The molecule has 2 aromatic heterocycles. The number of imidazole rings is 1. The molecule has 0 atom stereocenters. The van der Waals surface area contributed by atoms with Crippen LogP contribution in [0, 0.1) is 3.57 Å². The van der Waals surface area contributed by atoms with E-state index >= 15 is 0 Å². The van der Waals surface area contributed by atoms with Gasteiger partial charge in [-0.1, -0.05) is 6.07 Å². The monoisotopic (exact) mass is 369 g/mol. The smallest absolute Gasteiger partial charge is 0.201 e. The third-order valence-electron chi connectivity index (χ3n) is 2.90. The summed E-state index contributed by atoms with van der Waals surface area (Å²) in [5.41, 5.74) is 8.09. The summed E-state index contributed by atoms with van der Waals surface area (Å²) >= 11 is 4.07. The zero-order valence-corrected chi connectivity index (χ0v) is 12.6. The Bertz CT molecular complexity index is 673. The van der Waals surface area contributed by atoms with Crippen LogP contribution in [-0.4, -0.2) is 9.55 Å². The second-order valence-corrected chi connectivity index (χ2v) is 6.36. The largest absolute Gasteiger partial charge is 0.369 e. The summed E-state index contributed by atoms with van der Waals surface area (Å²) in [5, 5.41) is 2.10. The van der Waals surface area contributed by atoms with Crippen molar-refractivity contribution in [3.05, 3.63) is 44.2 Å². The van der Waals surface area contributed by atoms with E-state index in [-0.39, 0.29) is 0 Å². The topological polar surface area (TPSA) is 43.8 Å². The van der Waals surface area contributed by atoms with Gasteiger partial charge in [-0.2, -0.15) is 0 Å². The molecule has 0 aliphatic carbocycles. The summed E-state index contributed by atoms with van der Waals surface area (Å²) in [6.07, 6.45) is 0.999. The molecule has 0 saturated carbocycles. The van der Waals surface area contributed by atoms with Crippen LogP contribution in [0.25, 0.3) is 11.0 Å². The normalized spacial score (nSPS) is 11.2. The summed E-state index contributed by atoms with van der Waals surface area (Å²) in [5.74, 6) is 0.601. The molecule has 2 N–H and O–H groups in total. The number of rotatable bonds is 3. The van der Waals surface area contributed by atoms with Gasteiger partial charge in [-0.15, -0.1) is 11.3 Å². The number of aryl methyl sites for hydroxylation is 2. The number of anilines is 1. The molecule has 18 heavy (non-hydrogen) atoms. The Morgan fingerprint density at radius 1 is 1.33 bits per heavy atom. The molecular weight excluding hydrogens is 357 g/mol. The van der Waals surface area contributed by atoms with E-state index in [9.17, 15) is 0 Å². The standard InChI is InChI=1S/C13H12IN3S/c14-9-3-4-12-11(8-9)16-13(15)17(12)6-5-10-2-1-7-18-10/h1-4,7-8H,5-6H2,(H2,15,16). The molecule has 92 valence electrons. The van der Waals surface area contributed by atoms with Gasteiger partial charge >= 0.3 is 0 Å². The Morgan fingerprint density at radius 3 is 3.00 bits per heavy atom. The molecule has 0 fully saturated rings. The lowest BCUT2D eigenvalue weighted by Crippen LogP contribution is -2.05. The molecule has 0 spiro atoms. The first-order valence-corrected chi connectivity index (χ1v) is 7.63. The fourth-order valence-electron chi connectivity index (χ4n) is 2.03. The highest BCUT2D eigenvalue weighted by Crippen LogP contribution is 2.21. The molecule has 5 heteroatoms. The molecule has 0 unspecified atom stereocenters. The zero-order chi connectivity index (χ0) is 12.5. The number of hydrogen-bond acceptors (Lipinski definition) is 3. The molecule has 3 aromatic rings. The van der Waals surface area contributed by atoms with E-state index < -0.39 is 0 Å². The molecule has 3 rings (SSSR count). The minimum atomic E-state index is 0.601. The Morgan fingerprint density at radius 2 is 2.22 bits per heavy atom. The molecule has 3 nitrogen and oxygen atoms in total. The Balaban J connectivity index is 1.93. The van der Waals surface area contributed by atoms with Crippen molar-refractivity contribution in [3.63, 3.8) is 0 Å². The first-order chi connectivity index (χ1) is 8.74. The number of aromatic nitrogens is 2. The second kappa shape index (κ2) is 4.89. The van der Waals surface area contributed by atoms with Gasteiger partial charge in [0.2, 0.25) is 5.95 Å². The van der Waals surface area contributed by atoms with Crippen LogP contribution in [0.2, 0.25) is 0 Å². The molecular formula is C13H12IN3S. The van der Waals surface area contributed by atoms with Crippen LogP contribution in [0.3, 0.4) is 0 Å². The summed E-state index contributed by atoms with van der Waals surface area (Å²) in [7, 11) is 0. The molecule has 1 aromatic carbocycles. The summed E-state index contributed by atoms with van der Waals surface area (Å²) < 4.78 is 3.27. The quantitative estimate of drug-likeness (QED) is 0.718.